The Morgan fingerprint density at radius 1 is 0.933 bits per heavy atom. The fourth-order valence-electron chi connectivity index (χ4n) is 1.32. The van der Waals surface area contributed by atoms with Gasteiger partial charge in [0.1, 0.15) is 0 Å². The van der Waals surface area contributed by atoms with Crippen LogP contribution in [0.25, 0.3) is 0 Å². The van der Waals surface area contributed by atoms with Crippen LogP contribution in [0, 0.1) is 0 Å². The van der Waals surface area contributed by atoms with E-state index in [-0.39, 0.29) is 11.0 Å². The molecule has 0 atom stereocenters. The van der Waals surface area contributed by atoms with Gasteiger partial charge in [0.25, 0.3) is 0 Å². The van der Waals surface area contributed by atoms with Gasteiger partial charge in [-0.3, -0.25) is 0 Å². The minimum absolute atomic E-state index is 0. The van der Waals surface area contributed by atoms with E-state index >= 15 is 0 Å². The highest BCUT2D eigenvalue weighted by Gasteiger charge is 2.39. The van der Waals surface area contributed by atoms with E-state index in [1.54, 1.807) is 0 Å². The molecule has 0 aromatic heterocycles. The topological polar surface area (TPSA) is 53.7 Å². The molecule has 0 unspecified atom stereocenters. The SMILES string of the molecule is CCO[Si](CCCN)(OCC)OCC.[SiH4]. The van der Waals surface area contributed by atoms with Gasteiger partial charge in [-0.25, -0.2) is 0 Å². The van der Waals surface area contributed by atoms with Gasteiger partial charge in [0.15, 0.2) is 0 Å². The summed E-state index contributed by atoms with van der Waals surface area (Å²) in [7, 11) is -2.40. The summed E-state index contributed by atoms with van der Waals surface area (Å²) in [5, 5.41) is 0. The Labute approximate surface area is 98.9 Å². The summed E-state index contributed by atoms with van der Waals surface area (Å²) in [6.07, 6.45) is 0.895. The van der Waals surface area contributed by atoms with Crippen LogP contribution in [0.3, 0.4) is 0 Å². The zero-order valence-corrected chi connectivity index (χ0v) is 10.5. The van der Waals surface area contributed by atoms with Crippen LogP contribution in [0.15, 0.2) is 0 Å². The maximum atomic E-state index is 5.65. The van der Waals surface area contributed by atoms with Crippen molar-refractivity contribution in [3.8, 4) is 0 Å². The van der Waals surface area contributed by atoms with Crippen molar-refractivity contribution in [2.75, 3.05) is 26.4 Å². The van der Waals surface area contributed by atoms with Crippen LogP contribution >= 0.6 is 0 Å². The molecular formula is C9H27NO3Si2. The lowest BCUT2D eigenvalue weighted by Gasteiger charge is -2.28. The van der Waals surface area contributed by atoms with Gasteiger partial charge in [-0.05, 0) is 44.7 Å². The molecule has 0 aliphatic heterocycles. The van der Waals surface area contributed by atoms with E-state index in [4.69, 9.17) is 19.0 Å². The van der Waals surface area contributed by atoms with E-state index in [0.717, 1.165) is 12.5 Å². The molecule has 0 rings (SSSR count). The van der Waals surface area contributed by atoms with Crippen LogP contribution in [0.1, 0.15) is 27.2 Å². The highest BCUT2D eigenvalue weighted by Crippen LogP contribution is 2.17. The van der Waals surface area contributed by atoms with Crippen molar-refractivity contribution in [1.29, 1.82) is 0 Å². The Hall–Kier alpha value is 0.274. The summed E-state index contributed by atoms with van der Waals surface area (Å²) in [4.78, 5) is 0. The summed E-state index contributed by atoms with van der Waals surface area (Å²) in [6, 6.07) is 0.818. The second kappa shape index (κ2) is 10.8. The van der Waals surface area contributed by atoms with Crippen molar-refractivity contribution < 1.29 is 13.3 Å². The molecule has 94 valence electrons. The Kier molecular flexibility index (Phi) is 12.7. The third kappa shape index (κ3) is 7.21. The van der Waals surface area contributed by atoms with Gasteiger partial charge in [0, 0.05) is 25.9 Å². The Bertz CT molecular complexity index is 122. The third-order valence-corrected chi connectivity index (χ3v) is 4.93. The third-order valence-electron chi connectivity index (χ3n) is 1.78. The van der Waals surface area contributed by atoms with E-state index in [9.17, 15) is 0 Å². The maximum absolute atomic E-state index is 5.65. The molecule has 0 bridgehead atoms. The smallest absolute Gasteiger partial charge is 0.374 e. The van der Waals surface area contributed by atoms with Crippen molar-refractivity contribution in [3.05, 3.63) is 0 Å². The lowest BCUT2D eigenvalue weighted by molar-refractivity contribution is 0.0710. The first-order chi connectivity index (χ1) is 6.74. The quantitative estimate of drug-likeness (QED) is 0.585. The minimum Gasteiger partial charge on any atom is -0.374 e. The maximum Gasteiger partial charge on any atom is 0.500 e. The predicted molar refractivity (Wildman–Crippen MR) is 70.4 cm³/mol. The average Bonchev–Trinajstić information content (AvgIpc) is 2.16. The van der Waals surface area contributed by atoms with Gasteiger partial charge in [0.2, 0.25) is 0 Å². The Morgan fingerprint density at radius 2 is 1.33 bits per heavy atom. The molecule has 0 radical (unpaired) electrons. The first-order valence-corrected chi connectivity index (χ1v) is 7.29. The molecule has 0 fully saturated rings. The number of hydrogen-bond acceptors (Lipinski definition) is 4. The van der Waals surface area contributed by atoms with Gasteiger partial charge in [-0.2, -0.15) is 0 Å². The molecule has 0 aromatic rings. The number of hydrogen-bond donors (Lipinski definition) is 1. The molecule has 0 amide bonds. The molecule has 6 heteroatoms. The number of nitrogens with two attached hydrogens (primary N) is 1. The summed E-state index contributed by atoms with van der Waals surface area (Å²) in [5.41, 5.74) is 5.48. The predicted octanol–water partition coefficient (Wildman–Crippen LogP) is -0.0680. The summed E-state index contributed by atoms with van der Waals surface area (Å²) in [6.45, 7) is 8.44. The lowest BCUT2D eigenvalue weighted by Crippen LogP contribution is -2.46. The molecule has 0 saturated carbocycles. The zero-order valence-electron chi connectivity index (χ0n) is 9.54. The standard InChI is InChI=1S/C9H23NO3Si.H4Si/c1-4-11-14(12-5-2,13-6-3)9-7-8-10;/h4-10H2,1-3H3;1H4. The zero-order chi connectivity index (χ0) is 10.9. The van der Waals surface area contributed by atoms with E-state index < -0.39 is 8.80 Å². The fraction of sp³-hybridized carbons (Fsp3) is 1.00. The molecule has 4 nitrogen and oxygen atoms in total. The number of rotatable bonds is 9. The first kappa shape index (κ1) is 17.7. The largest absolute Gasteiger partial charge is 0.500 e. The Balaban J connectivity index is 0. The highest BCUT2D eigenvalue weighted by molar-refractivity contribution is 6.60. The van der Waals surface area contributed by atoms with E-state index in [1.165, 1.54) is 0 Å². The second-order valence-corrected chi connectivity index (χ2v) is 5.61. The molecule has 2 N–H and O–H groups in total. The first-order valence-electron chi connectivity index (χ1n) is 5.36. The fourth-order valence-corrected chi connectivity index (χ4v) is 3.96. The molecule has 0 aliphatic carbocycles. The van der Waals surface area contributed by atoms with Gasteiger partial charge in [-0.15, -0.1) is 0 Å². The lowest BCUT2D eigenvalue weighted by atomic mass is 10.5. The van der Waals surface area contributed by atoms with E-state index in [2.05, 4.69) is 0 Å². The van der Waals surface area contributed by atoms with Crippen LogP contribution in [0.2, 0.25) is 6.04 Å². The van der Waals surface area contributed by atoms with Crippen LogP contribution in [0.5, 0.6) is 0 Å². The van der Waals surface area contributed by atoms with Crippen molar-refractivity contribution in [2.24, 2.45) is 5.73 Å². The molecule has 0 saturated heterocycles. The molecular weight excluding hydrogens is 226 g/mol. The van der Waals surface area contributed by atoms with Gasteiger partial charge >= 0.3 is 8.80 Å². The van der Waals surface area contributed by atoms with Gasteiger partial charge in [0.05, 0.1) is 0 Å². The average molecular weight is 253 g/mol. The molecule has 0 aromatic carbocycles. The summed E-state index contributed by atoms with van der Waals surface area (Å²) in [5.74, 6) is 0. The van der Waals surface area contributed by atoms with Crippen molar-refractivity contribution >= 4 is 19.8 Å². The highest BCUT2D eigenvalue weighted by atomic mass is 28.4. The van der Waals surface area contributed by atoms with E-state index in [0.29, 0.717) is 26.4 Å². The molecule has 15 heavy (non-hydrogen) atoms. The molecule has 0 spiro atoms. The minimum atomic E-state index is -2.40. The van der Waals surface area contributed by atoms with E-state index in [1.807, 2.05) is 20.8 Å². The van der Waals surface area contributed by atoms with Crippen LogP contribution < -0.4 is 5.73 Å². The molecule has 0 heterocycles. The van der Waals surface area contributed by atoms with Crippen LogP contribution in [0.4, 0.5) is 0 Å². The summed E-state index contributed by atoms with van der Waals surface area (Å²) < 4.78 is 17.0. The van der Waals surface area contributed by atoms with Gasteiger partial charge < -0.3 is 19.0 Å². The monoisotopic (exact) mass is 253 g/mol. The van der Waals surface area contributed by atoms with Crippen molar-refractivity contribution in [1.82, 2.24) is 0 Å². The van der Waals surface area contributed by atoms with Crippen molar-refractivity contribution in [2.45, 2.75) is 33.2 Å². The van der Waals surface area contributed by atoms with Crippen LogP contribution in [-0.4, -0.2) is 46.1 Å². The Morgan fingerprint density at radius 3 is 1.60 bits per heavy atom. The second-order valence-electron chi connectivity index (χ2n) is 2.87. The normalized spacial score (nSPS) is 11.2. The summed E-state index contributed by atoms with van der Waals surface area (Å²) >= 11 is 0. The molecule has 0 aliphatic rings. The van der Waals surface area contributed by atoms with Crippen molar-refractivity contribution in [3.63, 3.8) is 0 Å². The van der Waals surface area contributed by atoms with Crippen LogP contribution in [-0.2, 0) is 13.3 Å². The van der Waals surface area contributed by atoms with Gasteiger partial charge in [-0.1, -0.05) is 0 Å².